The lowest BCUT2D eigenvalue weighted by atomic mass is 10.1. The fourth-order valence-electron chi connectivity index (χ4n) is 2.14. The van der Waals surface area contributed by atoms with Crippen molar-refractivity contribution in [2.45, 2.75) is 19.9 Å². The summed E-state index contributed by atoms with van der Waals surface area (Å²) in [4.78, 5) is 11.5. The van der Waals surface area contributed by atoms with Gasteiger partial charge in [-0.25, -0.2) is 9.18 Å². The Morgan fingerprint density at radius 1 is 1.19 bits per heavy atom. The Morgan fingerprint density at radius 3 is 2.43 bits per heavy atom. The lowest BCUT2D eigenvalue weighted by Crippen LogP contribution is -2.09. The summed E-state index contributed by atoms with van der Waals surface area (Å²) < 4.78 is 17.6. The quantitative estimate of drug-likeness (QED) is 0.861. The number of hydrogen-bond donors (Lipinski definition) is 1. The van der Waals surface area contributed by atoms with Crippen LogP contribution in [-0.2, 0) is 4.74 Å². The van der Waals surface area contributed by atoms with E-state index in [2.05, 4.69) is 5.32 Å². The highest BCUT2D eigenvalue weighted by Crippen LogP contribution is 2.23. The fraction of sp³-hybridized carbons (Fsp3) is 0.235. The summed E-state index contributed by atoms with van der Waals surface area (Å²) in [5.74, 6) is -0.596. The average molecular weight is 287 g/mol. The van der Waals surface area contributed by atoms with Crippen molar-refractivity contribution in [3.8, 4) is 0 Å². The van der Waals surface area contributed by atoms with E-state index in [-0.39, 0.29) is 17.8 Å². The molecule has 0 bridgehead atoms. The highest BCUT2D eigenvalue weighted by Gasteiger charge is 2.10. The number of aryl methyl sites for hydroxylation is 1. The van der Waals surface area contributed by atoms with E-state index in [1.807, 2.05) is 19.9 Å². The van der Waals surface area contributed by atoms with Crippen LogP contribution in [0.2, 0.25) is 0 Å². The normalized spacial score (nSPS) is 11.8. The minimum atomic E-state index is -0.351. The third kappa shape index (κ3) is 3.60. The van der Waals surface area contributed by atoms with E-state index in [4.69, 9.17) is 4.74 Å². The van der Waals surface area contributed by atoms with Crippen LogP contribution in [0.15, 0.2) is 42.5 Å². The van der Waals surface area contributed by atoms with Crippen molar-refractivity contribution in [1.29, 1.82) is 0 Å². The first-order valence-electron chi connectivity index (χ1n) is 6.72. The van der Waals surface area contributed by atoms with Crippen LogP contribution in [0.3, 0.4) is 0 Å². The van der Waals surface area contributed by atoms with Crippen LogP contribution in [-0.4, -0.2) is 13.1 Å². The Hall–Kier alpha value is -2.36. The Balaban J connectivity index is 2.15. The van der Waals surface area contributed by atoms with Crippen molar-refractivity contribution in [2.24, 2.45) is 0 Å². The molecule has 0 aliphatic carbocycles. The van der Waals surface area contributed by atoms with E-state index >= 15 is 0 Å². The monoisotopic (exact) mass is 287 g/mol. The smallest absolute Gasteiger partial charge is 0.337 e. The number of rotatable bonds is 4. The van der Waals surface area contributed by atoms with Crippen molar-refractivity contribution >= 4 is 11.7 Å². The minimum Gasteiger partial charge on any atom is -0.465 e. The summed E-state index contributed by atoms with van der Waals surface area (Å²) in [6.45, 7) is 3.92. The van der Waals surface area contributed by atoms with E-state index in [1.165, 1.54) is 19.2 Å². The van der Waals surface area contributed by atoms with Gasteiger partial charge in [-0.1, -0.05) is 12.1 Å². The second kappa shape index (κ2) is 6.39. The molecule has 0 amide bonds. The van der Waals surface area contributed by atoms with Gasteiger partial charge in [-0.05, 0) is 55.3 Å². The first kappa shape index (κ1) is 15.0. The number of hydrogen-bond acceptors (Lipinski definition) is 3. The Bertz CT molecular complexity index is 638. The number of ether oxygens (including phenoxy) is 1. The SMILES string of the molecule is COC(=O)c1ccc(NC(C)c2ccc(F)cc2)c(C)c1. The molecule has 0 aliphatic heterocycles. The molecule has 1 N–H and O–H groups in total. The molecule has 2 aromatic carbocycles. The maximum Gasteiger partial charge on any atom is 0.337 e. The highest BCUT2D eigenvalue weighted by molar-refractivity contribution is 5.90. The third-order valence-electron chi connectivity index (χ3n) is 3.39. The van der Waals surface area contributed by atoms with Crippen LogP contribution in [0.5, 0.6) is 0 Å². The third-order valence-corrected chi connectivity index (χ3v) is 3.39. The van der Waals surface area contributed by atoms with Gasteiger partial charge >= 0.3 is 5.97 Å². The summed E-state index contributed by atoms with van der Waals surface area (Å²) in [5, 5.41) is 3.36. The van der Waals surface area contributed by atoms with Crippen LogP contribution >= 0.6 is 0 Å². The van der Waals surface area contributed by atoms with Crippen LogP contribution < -0.4 is 5.32 Å². The van der Waals surface area contributed by atoms with Crippen molar-refractivity contribution < 1.29 is 13.9 Å². The number of carbonyl (C=O) groups excluding carboxylic acids is 1. The molecule has 2 aromatic rings. The Labute approximate surface area is 123 Å². The molecule has 1 atom stereocenters. The van der Waals surface area contributed by atoms with Crippen molar-refractivity contribution in [3.63, 3.8) is 0 Å². The molecule has 3 nitrogen and oxygen atoms in total. The van der Waals surface area contributed by atoms with E-state index < -0.39 is 0 Å². The van der Waals surface area contributed by atoms with Gasteiger partial charge in [0, 0.05) is 11.7 Å². The molecule has 0 fully saturated rings. The summed E-state index contributed by atoms with van der Waals surface area (Å²) in [5.41, 5.74) is 3.40. The molecule has 0 aromatic heterocycles. The predicted molar refractivity (Wildman–Crippen MR) is 81.0 cm³/mol. The zero-order valence-electron chi connectivity index (χ0n) is 12.3. The molecular weight excluding hydrogens is 269 g/mol. The molecular formula is C17H18FNO2. The molecule has 0 saturated heterocycles. The van der Waals surface area contributed by atoms with Crippen LogP contribution in [0.1, 0.15) is 34.5 Å². The lowest BCUT2D eigenvalue weighted by Gasteiger charge is -2.18. The predicted octanol–water partition coefficient (Wildman–Crippen LogP) is 4.09. The molecule has 110 valence electrons. The van der Waals surface area contributed by atoms with Crippen LogP contribution in [0, 0.1) is 12.7 Å². The maximum atomic E-state index is 12.9. The number of methoxy groups -OCH3 is 1. The van der Waals surface area contributed by atoms with E-state index in [0.717, 1.165) is 16.8 Å². The summed E-state index contributed by atoms with van der Waals surface area (Å²) in [6.07, 6.45) is 0. The topological polar surface area (TPSA) is 38.3 Å². The average Bonchev–Trinajstić information content (AvgIpc) is 2.49. The molecule has 0 radical (unpaired) electrons. The Kier molecular flexibility index (Phi) is 4.58. The summed E-state index contributed by atoms with van der Waals surface area (Å²) >= 11 is 0. The summed E-state index contributed by atoms with van der Waals surface area (Å²) in [6, 6.07) is 11.8. The largest absolute Gasteiger partial charge is 0.465 e. The minimum absolute atomic E-state index is 0.0354. The second-order valence-electron chi connectivity index (χ2n) is 4.94. The van der Waals surface area contributed by atoms with Gasteiger partial charge in [0.05, 0.1) is 12.7 Å². The number of carbonyl (C=O) groups is 1. The molecule has 4 heteroatoms. The van der Waals surface area contributed by atoms with Crippen LogP contribution in [0.25, 0.3) is 0 Å². The number of nitrogens with one attached hydrogen (secondary N) is 1. The molecule has 0 spiro atoms. The molecule has 0 heterocycles. The summed E-state index contributed by atoms with van der Waals surface area (Å²) in [7, 11) is 1.36. The molecule has 21 heavy (non-hydrogen) atoms. The molecule has 1 unspecified atom stereocenters. The van der Waals surface area contributed by atoms with Crippen molar-refractivity contribution in [1.82, 2.24) is 0 Å². The zero-order chi connectivity index (χ0) is 15.4. The van der Waals surface area contributed by atoms with Gasteiger partial charge in [-0.2, -0.15) is 0 Å². The van der Waals surface area contributed by atoms with Crippen LogP contribution in [0.4, 0.5) is 10.1 Å². The molecule has 0 aliphatic rings. The number of benzene rings is 2. The molecule has 0 saturated carbocycles. The number of esters is 1. The fourth-order valence-corrected chi connectivity index (χ4v) is 2.14. The maximum absolute atomic E-state index is 12.9. The highest BCUT2D eigenvalue weighted by atomic mass is 19.1. The number of halogens is 1. The first-order valence-corrected chi connectivity index (χ1v) is 6.72. The van der Waals surface area contributed by atoms with Gasteiger partial charge in [0.1, 0.15) is 5.82 Å². The van der Waals surface area contributed by atoms with Gasteiger partial charge < -0.3 is 10.1 Å². The van der Waals surface area contributed by atoms with Gasteiger partial charge in [0.25, 0.3) is 0 Å². The van der Waals surface area contributed by atoms with Crippen molar-refractivity contribution in [3.05, 3.63) is 65.0 Å². The van der Waals surface area contributed by atoms with Gasteiger partial charge in [-0.3, -0.25) is 0 Å². The second-order valence-corrected chi connectivity index (χ2v) is 4.94. The van der Waals surface area contributed by atoms with E-state index in [0.29, 0.717) is 5.56 Å². The first-order chi connectivity index (χ1) is 10.0. The van der Waals surface area contributed by atoms with Gasteiger partial charge in [0.15, 0.2) is 0 Å². The zero-order valence-corrected chi connectivity index (χ0v) is 12.3. The Morgan fingerprint density at radius 2 is 1.86 bits per heavy atom. The van der Waals surface area contributed by atoms with E-state index in [9.17, 15) is 9.18 Å². The molecule has 2 rings (SSSR count). The van der Waals surface area contributed by atoms with E-state index in [1.54, 1.807) is 24.3 Å². The van der Waals surface area contributed by atoms with Gasteiger partial charge in [0.2, 0.25) is 0 Å². The van der Waals surface area contributed by atoms with Gasteiger partial charge in [-0.15, -0.1) is 0 Å². The standard InChI is InChI=1S/C17H18FNO2/c1-11-10-14(17(20)21-3)6-9-16(11)19-12(2)13-4-7-15(18)8-5-13/h4-10,12,19H,1-3H3. The van der Waals surface area contributed by atoms with Crippen molar-refractivity contribution in [2.75, 3.05) is 12.4 Å². The number of anilines is 1. The lowest BCUT2D eigenvalue weighted by molar-refractivity contribution is 0.0600.